The lowest BCUT2D eigenvalue weighted by Crippen LogP contribution is -2.25. The zero-order valence-corrected chi connectivity index (χ0v) is 11.6. The molecule has 5 heteroatoms. The number of hydrogen-bond donors (Lipinski definition) is 1. The first kappa shape index (κ1) is 14.0. The number of rotatable bonds is 5. The van der Waals surface area contributed by atoms with E-state index in [0.717, 1.165) is 22.7 Å². The number of nitrogens with zero attached hydrogens (tertiary/aromatic N) is 2. The van der Waals surface area contributed by atoms with E-state index in [1.165, 1.54) is 0 Å². The van der Waals surface area contributed by atoms with Crippen molar-refractivity contribution in [2.24, 2.45) is 0 Å². The maximum atomic E-state index is 11.9. The van der Waals surface area contributed by atoms with Crippen molar-refractivity contribution in [3.8, 4) is 5.75 Å². The van der Waals surface area contributed by atoms with Gasteiger partial charge in [0.2, 0.25) is 5.91 Å². The lowest BCUT2D eigenvalue weighted by Gasteiger charge is -2.08. The average molecular weight is 271 g/mol. The van der Waals surface area contributed by atoms with Crippen LogP contribution >= 0.6 is 0 Å². The number of carbonyl (C=O) groups excluding carboxylic acids is 1. The number of nitrogens with one attached hydrogen (secondary N) is 1. The van der Waals surface area contributed by atoms with Crippen molar-refractivity contribution in [1.82, 2.24) is 15.5 Å². The second-order valence-electron chi connectivity index (χ2n) is 4.43. The number of aryl methyl sites for hydroxylation is 1. The van der Waals surface area contributed by atoms with Gasteiger partial charge in [-0.25, -0.2) is 0 Å². The third-order valence-electron chi connectivity index (χ3n) is 2.86. The van der Waals surface area contributed by atoms with E-state index in [2.05, 4.69) is 15.5 Å². The van der Waals surface area contributed by atoms with Crippen LogP contribution in [0.2, 0.25) is 0 Å². The van der Waals surface area contributed by atoms with Gasteiger partial charge in [-0.15, -0.1) is 0 Å². The van der Waals surface area contributed by atoms with Gasteiger partial charge in [-0.1, -0.05) is 18.2 Å². The number of hydrogen-bond acceptors (Lipinski definition) is 4. The summed E-state index contributed by atoms with van der Waals surface area (Å²) in [6.07, 6.45) is 0.281. The minimum absolute atomic E-state index is 0.0723. The quantitative estimate of drug-likeness (QED) is 0.898. The van der Waals surface area contributed by atoms with E-state index in [4.69, 9.17) is 4.74 Å². The molecule has 0 saturated carbocycles. The Morgan fingerprint density at radius 1 is 1.20 bits per heavy atom. The molecule has 104 valence electrons. The first-order valence-corrected chi connectivity index (χ1v) is 6.37. The fraction of sp³-hybridized carbons (Fsp3) is 0.267. The lowest BCUT2D eigenvalue weighted by molar-refractivity contribution is -0.120. The van der Waals surface area contributed by atoms with Crippen LogP contribution in [0.4, 0.5) is 0 Å². The number of para-hydroxylation sites is 1. The van der Waals surface area contributed by atoms with Crippen LogP contribution in [0.5, 0.6) is 5.75 Å². The van der Waals surface area contributed by atoms with Crippen LogP contribution in [0, 0.1) is 6.92 Å². The highest BCUT2D eigenvalue weighted by Gasteiger charge is 2.08. The Bertz CT molecular complexity index is 582. The maximum absolute atomic E-state index is 11.9. The highest BCUT2D eigenvalue weighted by atomic mass is 16.5. The number of benzene rings is 1. The number of carbonyl (C=O) groups is 1. The van der Waals surface area contributed by atoms with Gasteiger partial charge in [0, 0.05) is 5.56 Å². The monoisotopic (exact) mass is 271 g/mol. The van der Waals surface area contributed by atoms with E-state index in [1.54, 1.807) is 7.11 Å². The summed E-state index contributed by atoms with van der Waals surface area (Å²) in [6, 6.07) is 11.2. The second kappa shape index (κ2) is 6.65. The van der Waals surface area contributed by atoms with Crippen LogP contribution in [-0.2, 0) is 17.8 Å². The molecule has 0 atom stereocenters. The van der Waals surface area contributed by atoms with Crippen LogP contribution in [0.1, 0.15) is 17.0 Å². The molecule has 1 heterocycles. The topological polar surface area (TPSA) is 64.1 Å². The van der Waals surface area contributed by atoms with Crippen molar-refractivity contribution in [3.63, 3.8) is 0 Å². The SMILES string of the molecule is COc1ccccc1CC(=O)NCc1ccc(C)nn1. The molecule has 0 spiro atoms. The molecule has 0 aliphatic heterocycles. The normalized spacial score (nSPS) is 10.1. The molecule has 1 aromatic carbocycles. The zero-order valence-electron chi connectivity index (χ0n) is 11.6. The Labute approximate surface area is 118 Å². The van der Waals surface area contributed by atoms with Gasteiger partial charge in [0.25, 0.3) is 0 Å². The third kappa shape index (κ3) is 3.78. The molecule has 1 aromatic heterocycles. The van der Waals surface area contributed by atoms with Gasteiger partial charge in [-0.2, -0.15) is 10.2 Å². The fourth-order valence-corrected chi connectivity index (χ4v) is 1.79. The molecular weight excluding hydrogens is 254 g/mol. The van der Waals surface area contributed by atoms with E-state index in [-0.39, 0.29) is 12.3 Å². The maximum Gasteiger partial charge on any atom is 0.224 e. The van der Waals surface area contributed by atoms with Crippen LogP contribution in [0.25, 0.3) is 0 Å². The standard InChI is InChI=1S/C15H17N3O2/c1-11-7-8-13(18-17-11)10-16-15(19)9-12-5-3-4-6-14(12)20-2/h3-8H,9-10H2,1-2H3,(H,16,19). The van der Waals surface area contributed by atoms with Gasteiger partial charge >= 0.3 is 0 Å². The molecule has 0 radical (unpaired) electrons. The van der Waals surface area contributed by atoms with E-state index in [9.17, 15) is 4.79 Å². The van der Waals surface area contributed by atoms with Gasteiger partial charge in [0.05, 0.1) is 31.5 Å². The molecule has 0 aliphatic carbocycles. The van der Waals surface area contributed by atoms with Gasteiger partial charge in [-0.05, 0) is 25.1 Å². The highest BCUT2D eigenvalue weighted by molar-refractivity contribution is 5.79. The fourth-order valence-electron chi connectivity index (χ4n) is 1.79. The van der Waals surface area contributed by atoms with Crippen molar-refractivity contribution >= 4 is 5.91 Å². The van der Waals surface area contributed by atoms with Crippen molar-refractivity contribution in [2.45, 2.75) is 19.9 Å². The Balaban J connectivity index is 1.91. The molecule has 2 rings (SSSR count). The van der Waals surface area contributed by atoms with E-state index in [0.29, 0.717) is 6.54 Å². The molecule has 2 aromatic rings. The summed E-state index contributed by atoms with van der Waals surface area (Å²) in [5, 5.41) is 10.8. The van der Waals surface area contributed by atoms with E-state index < -0.39 is 0 Å². The van der Waals surface area contributed by atoms with Gasteiger partial charge in [-0.3, -0.25) is 4.79 Å². The zero-order chi connectivity index (χ0) is 14.4. The van der Waals surface area contributed by atoms with E-state index >= 15 is 0 Å². The largest absolute Gasteiger partial charge is 0.496 e. The minimum atomic E-state index is -0.0723. The molecule has 0 fully saturated rings. The smallest absolute Gasteiger partial charge is 0.224 e. The first-order valence-electron chi connectivity index (χ1n) is 6.37. The Morgan fingerprint density at radius 3 is 2.70 bits per heavy atom. The molecule has 0 aliphatic rings. The summed E-state index contributed by atoms with van der Waals surface area (Å²) in [5.41, 5.74) is 2.46. The Hall–Kier alpha value is -2.43. The van der Waals surface area contributed by atoms with Crippen molar-refractivity contribution < 1.29 is 9.53 Å². The van der Waals surface area contributed by atoms with Crippen LogP contribution in [0.15, 0.2) is 36.4 Å². The number of aromatic nitrogens is 2. The van der Waals surface area contributed by atoms with E-state index in [1.807, 2.05) is 43.3 Å². The summed E-state index contributed by atoms with van der Waals surface area (Å²) in [7, 11) is 1.60. The number of amides is 1. The number of methoxy groups -OCH3 is 1. The average Bonchev–Trinajstić information content (AvgIpc) is 2.47. The summed E-state index contributed by atoms with van der Waals surface area (Å²) in [6.45, 7) is 2.25. The molecule has 0 unspecified atom stereocenters. The molecule has 0 saturated heterocycles. The lowest BCUT2D eigenvalue weighted by atomic mass is 10.1. The summed E-state index contributed by atoms with van der Waals surface area (Å²) >= 11 is 0. The van der Waals surface area contributed by atoms with Gasteiger partial charge in [0.1, 0.15) is 5.75 Å². The molecule has 1 N–H and O–H groups in total. The molecular formula is C15H17N3O2. The van der Waals surface area contributed by atoms with Crippen LogP contribution < -0.4 is 10.1 Å². The van der Waals surface area contributed by atoms with Crippen molar-refractivity contribution in [1.29, 1.82) is 0 Å². The molecule has 20 heavy (non-hydrogen) atoms. The van der Waals surface area contributed by atoms with Crippen molar-refractivity contribution in [3.05, 3.63) is 53.3 Å². The van der Waals surface area contributed by atoms with Crippen LogP contribution in [-0.4, -0.2) is 23.2 Å². The Morgan fingerprint density at radius 2 is 2.00 bits per heavy atom. The van der Waals surface area contributed by atoms with Crippen molar-refractivity contribution in [2.75, 3.05) is 7.11 Å². The van der Waals surface area contributed by atoms with Gasteiger partial charge < -0.3 is 10.1 Å². The first-order chi connectivity index (χ1) is 9.69. The molecule has 5 nitrogen and oxygen atoms in total. The second-order valence-corrected chi connectivity index (χ2v) is 4.43. The minimum Gasteiger partial charge on any atom is -0.496 e. The highest BCUT2D eigenvalue weighted by Crippen LogP contribution is 2.17. The predicted molar refractivity (Wildman–Crippen MR) is 75.3 cm³/mol. The summed E-state index contributed by atoms with van der Waals surface area (Å²) < 4.78 is 5.22. The predicted octanol–water partition coefficient (Wildman–Crippen LogP) is 1.65. The van der Waals surface area contributed by atoms with Crippen LogP contribution in [0.3, 0.4) is 0 Å². The molecule has 0 bridgehead atoms. The van der Waals surface area contributed by atoms with Gasteiger partial charge in [0.15, 0.2) is 0 Å². The summed E-state index contributed by atoms with van der Waals surface area (Å²) in [4.78, 5) is 11.9. The number of ether oxygens (including phenoxy) is 1. The Kier molecular flexibility index (Phi) is 4.65. The third-order valence-corrected chi connectivity index (χ3v) is 2.86. The molecule has 1 amide bonds. The summed E-state index contributed by atoms with van der Waals surface area (Å²) in [5.74, 6) is 0.648.